The number of nitrogens with one attached hydrogen (secondary N) is 2. The smallest absolute Gasteiger partial charge is 0.245 e. The van der Waals surface area contributed by atoms with E-state index >= 15 is 0 Å². The van der Waals surface area contributed by atoms with Gasteiger partial charge >= 0.3 is 0 Å². The summed E-state index contributed by atoms with van der Waals surface area (Å²) in [5.74, 6) is -0.829. The van der Waals surface area contributed by atoms with Gasteiger partial charge in [-0.1, -0.05) is 84.9 Å². The van der Waals surface area contributed by atoms with E-state index in [9.17, 15) is 14.4 Å². The summed E-state index contributed by atoms with van der Waals surface area (Å²) in [5.41, 5.74) is 13.4. The first kappa shape index (κ1) is 31.9. The summed E-state index contributed by atoms with van der Waals surface area (Å²) in [6.45, 7) is 7.42. The highest BCUT2D eigenvalue weighted by Gasteiger charge is 2.45. The zero-order valence-electron chi connectivity index (χ0n) is 25.7. The van der Waals surface area contributed by atoms with Crippen LogP contribution in [0.1, 0.15) is 51.7 Å². The third kappa shape index (κ3) is 8.52. The molecule has 1 fully saturated rings. The zero-order chi connectivity index (χ0) is 31.3. The van der Waals surface area contributed by atoms with E-state index in [4.69, 9.17) is 11.5 Å². The van der Waals surface area contributed by atoms with Gasteiger partial charge in [-0.05, 0) is 69.2 Å². The molecule has 0 radical (unpaired) electrons. The lowest BCUT2D eigenvalue weighted by Gasteiger charge is -2.44. The van der Waals surface area contributed by atoms with E-state index in [0.29, 0.717) is 32.2 Å². The van der Waals surface area contributed by atoms with Crippen molar-refractivity contribution in [3.63, 3.8) is 0 Å². The molecule has 4 rings (SSSR count). The molecule has 1 saturated heterocycles. The lowest BCUT2D eigenvalue weighted by molar-refractivity contribution is -0.145. The number of carbonyl (C=O) groups excluding carboxylic acids is 3. The maximum Gasteiger partial charge on any atom is 0.245 e. The second-order valence-electron chi connectivity index (χ2n) is 13.0. The molecule has 1 heterocycles. The van der Waals surface area contributed by atoms with Gasteiger partial charge in [-0.15, -0.1) is 0 Å². The summed E-state index contributed by atoms with van der Waals surface area (Å²) in [7, 11) is 0. The highest BCUT2D eigenvalue weighted by molar-refractivity contribution is 5.92. The van der Waals surface area contributed by atoms with Crippen LogP contribution in [0.5, 0.6) is 0 Å². The fourth-order valence-electron chi connectivity index (χ4n) is 5.61. The highest BCUT2D eigenvalue weighted by Crippen LogP contribution is 2.35. The van der Waals surface area contributed by atoms with Crippen LogP contribution in [0.2, 0.25) is 0 Å². The summed E-state index contributed by atoms with van der Waals surface area (Å²) in [4.78, 5) is 42.8. The molecule has 6 N–H and O–H groups in total. The molecule has 0 saturated carbocycles. The second kappa shape index (κ2) is 13.1. The van der Waals surface area contributed by atoms with Gasteiger partial charge in [0.25, 0.3) is 0 Å². The van der Waals surface area contributed by atoms with Gasteiger partial charge in [0.15, 0.2) is 0 Å². The Balaban J connectivity index is 1.61. The van der Waals surface area contributed by atoms with Gasteiger partial charge in [0.2, 0.25) is 17.7 Å². The van der Waals surface area contributed by atoms with Crippen molar-refractivity contribution in [3.05, 3.63) is 96.1 Å². The van der Waals surface area contributed by atoms with Crippen LogP contribution in [0.15, 0.2) is 84.9 Å². The average Bonchev–Trinajstić information content (AvgIpc) is 2.96. The number of hydrogen-bond acceptors (Lipinski definition) is 5. The van der Waals surface area contributed by atoms with E-state index in [1.165, 1.54) is 0 Å². The molecule has 1 aliphatic heterocycles. The molecule has 0 aromatic heterocycles. The molecular weight excluding hydrogens is 538 g/mol. The first-order valence-electron chi connectivity index (χ1n) is 14.9. The maximum absolute atomic E-state index is 14.2. The summed E-state index contributed by atoms with van der Waals surface area (Å²) in [6, 6.07) is 27.0. The predicted molar refractivity (Wildman–Crippen MR) is 171 cm³/mol. The molecule has 1 unspecified atom stereocenters. The monoisotopic (exact) mass is 583 g/mol. The molecule has 2 atom stereocenters. The van der Waals surface area contributed by atoms with E-state index < -0.39 is 28.6 Å². The van der Waals surface area contributed by atoms with Crippen LogP contribution in [0.3, 0.4) is 0 Å². The third-order valence-electron chi connectivity index (χ3n) is 7.88. The van der Waals surface area contributed by atoms with Crippen molar-refractivity contribution < 1.29 is 14.4 Å². The summed E-state index contributed by atoms with van der Waals surface area (Å²) in [5, 5.41) is 5.88. The molecule has 0 bridgehead atoms. The molecule has 3 aromatic rings. The Bertz CT molecular complexity index is 1400. The molecule has 0 spiro atoms. The Morgan fingerprint density at radius 3 is 2.00 bits per heavy atom. The number of hydrogen-bond donors (Lipinski definition) is 4. The number of benzene rings is 3. The second-order valence-corrected chi connectivity index (χ2v) is 13.0. The molecule has 3 aromatic carbocycles. The van der Waals surface area contributed by atoms with Crippen LogP contribution in [0, 0.1) is 5.41 Å². The SMILES string of the molecule is CC(C)(N)NC(=O)C1(Cc2ccccc2)CCCN(C(=O)[C@@H](Cc2ccc(-c3ccccc3)cc2)NC(=O)C(C)(C)N)C1. The number of amides is 3. The van der Waals surface area contributed by atoms with E-state index in [1.54, 1.807) is 32.6 Å². The fourth-order valence-corrected chi connectivity index (χ4v) is 5.61. The normalized spacial score (nSPS) is 18.0. The standard InChI is InChI=1S/C35H45N5O3/c1-33(2,36)31(42)38-29(22-25-16-18-28(19-17-25)27-14-9-6-10-15-27)30(41)40-21-11-20-35(24-40,32(43)39-34(3,4)37)23-26-12-7-5-8-13-26/h5-10,12-19,29H,11,20-24,36-37H2,1-4H3,(H,38,42)(H,39,43)/t29-,35?/m1/s1. The van der Waals surface area contributed by atoms with Gasteiger partial charge in [0.05, 0.1) is 16.6 Å². The Kier molecular flexibility index (Phi) is 9.72. The molecule has 0 aliphatic carbocycles. The van der Waals surface area contributed by atoms with Crippen LogP contribution >= 0.6 is 0 Å². The minimum absolute atomic E-state index is 0.179. The van der Waals surface area contributed by atoms with Crippen LogP contribution in [-0.2, 0) is 27.2 Å². The number of likely N-dealkylation sites (tertiary alicyclic amines) is 1. The minimum atomic E-state index is -1.17. The van der Waals surface area contributed by atoms with Crippen LogP contribution < -0.4 is 22.1 Å². The van der Waals surface area contributed by atoms with Gasteiger partial charge in [0, 0.05) is 19.5 Å². The predicted octanol–water partition coefficient (Wildman–Crippen LogP) is 3.78. The van der Waals surface area contributed by atoms with Gasteiger partial charge < -0.3 is 27.0 Å². The number of nitrogens with two attached hydrogens (primary N) is 2. The van der Waals surface area contributed by atoms with Crippen molar-refractivity contribution in [2.75, 3.05) is 13.1 Å². The van der Waals surface area contributed by atoms with Gasteiger partial charge in [-0.25, -0.2) is 0 Å². The van der Waals surface area contributed by atoms with E-state index in [1.807, 2.05) is 84.9 Å². The minimum Gasteiger partial charge on any atom is -0.342 e. The highest BCUT2D eigenvalue weighted by atomic mass is 16.2. The zero-order valence-corrected chi connectivity index (χ0v) is 25.7. The van der Waals surface area contributed by atoms with Crippen LogP contribution in [-0.4, -0.2) is 53.0 Å². The Morgan fingerprint density at radius 1 is 0.837 bits per heavy atom. The van der Waals surface area contributed by atoms with Crippen LogP contribution in [0.4, 0.5) is 0 Å². The molecule has 8 heteroatoms. The quantitative estimate of drug-likeness (QED) is 0.270. The molecule has 1 aliphatic rings. The van der Waals surface area contributed by atoms with E-state index in [-0.39, 0.29) is 18.4 Å². The molecule has 8 nitrogen and oxygen atoms in total. The Hall–Kier alpha value is -4.01. The number of nitrogens with zero attached hydrogens (tertiary/aromatic N) is 1. The first-order chi connectivity index (χ1) is 20.3. The number of piperidine rings is 1. The van der Waals surface area contributed by atoms with Gasteiger partial charge in [0.1, 0.15) is 6.04 Å². The molecule has 228 valence electrons. The topological polar surface area (TPSA) is 131 Å². The molecule has 43 heavy (non-hydrogen) atoms. The van der Waals surface area contributed by atoms with E-state index in [0.717, 1.165) is 22.3 Å². The van der Waals surface area contributed by atoms with Crippen molar-refractivity contribution in [2.45, 2.75) is 70.6 Å². The number of carbonyl (C=O) groups is 3. The fraction of sp³-hybridized carbons (Fsp3) is 0.400. The molecule has 3 amide bonds. The van der Waals surface area contributed by atoms with Crippen molar-refractivity contribution in [1.29, 1.82) is 0 Å². The largest absolute Gasteiger partial charge is 0.342 e. The molecular formula is C35H45N5O3. The first-order valence-corrected chi connectivity index (χ1v) is 14.9. The Morgan fingerprint density at radius 2 is 1.42 bits per heavy atom. The maximum atomic E-state index is 14.2. The van der Waals surface area contributed by atoms with Crippen molar-refractivity contribution in [3.8, 4) is 11.1 Å². The summed E-state index contributed by atoms with van der Waals surface area (Å²) in [6.07, 6.45) is 2.01. The van der Waals surface area contributed by atoms with Crippen molar-refractivity contribution in [2.24, 2.45) is 16.9 Å². The van der Waals surface area contributed by atoms with E-state index in [2.05, 4.69) is 10.6 Å². The van der Waals surface area contributed by atoms with Crippen molar-refractivity contribution in [1.82, 2.24) is 15.5 Å². The lowest BCUT2D eigenvalue weighted by Crippen LogP contribution is -2.62. The average molecular weight is 584 g/mol. The third-order valence-corrected chi connectivity index (χ3v) is 7.88. The van der Waals surface area contributed by atoms with Gasteiger partial charge in [-0.3, -0.25) is 14.4 Å². The van der Waals surface area contributed by atoms with Crippen molar-refractivity contribution >= 4 is 17.7 Å². The van der Waals surface area contributed by atoms with Crippen LogP contribution in [0.25, 0.3) is 11.1 Å². The Labute approximate surface area is 255 Å². The number of rotatable bonds is 10. The lowest BCUT2D eigenvalue weighted by atomic mass is 9.73. The summed E-state index contributed by atoms with van der Waals surface area (Å²) >= 11 is 0. The summed E-state index contributed by atoms with van der Waals surface area (Å²) < 4.78 is 0. The van der Waals surface area contributed by atoms with Gasteiger partial charge in [-0.2, -0.15) is 0 Å².